The number of carbonyl (C=O) groups is 2. The van der Waals surface area contributed by atoms with E-state index in [-0.39, 0.29) is 5.91 Å². The van der Waals surface area contributed by atoms with E-state index in [0.29, 0.717) is 23.6 Å². The van der Waals surface area contributed by atoms with Crippen LogP contribution < -0.4 is 0 Å². The summed E-state index contributed by atoms with van der Waals surface area (Å²) in [5, 5.41) is 9.23. The lowest BCUT2D eigenvalue weighted by atomic mass is 10.3. The van der Waals surface area contributed by atoms with Crippen LogP contribution in [0.15, 0.2) is 12.2 Å². The van der Waals surface area contributed by atoms with Gasteiger partial charge in [0.1, 0.15) is 0 Å². The van der Waals surface area contributed by atoms with Crippen molar-refractivity contribution >= 4 is 23.6 Å². The Morgan fingerprint density at radius 2 is 1.80 bits per heavy atom. The summed E-state index contributed by atoms with van der Waals surface area (Å²) >= 11 is 1.85. The molecule has 84 valence electrons. The van der Waals surface area contributed by atoms with Crippen LogP contribution in [-0.4, -0.2) is 45.5 Å². The standard InChI is InChI=1S/C10H15NO3S/c1-7-5-11(6-8(2)15-7)9(12)3-4-10(13)14/h3-4,7-8H,5-6H2,1-2H3,(H,13,14)/b4-3+. The maximum atomic E-state index is 11.6. The predicted molar refractivity (Wildman–Crippen MR) is 59.9 cm³/mol. The van der Waals surface area contributed by atoms with Gasteiger partial charge in [0, 0.05) is 35.7 Å². The number of nitrogens with zero attached hydrogens (tertiary/aromatic N) is 1. The molecule has 15 heavy (non-hydrogen) atoms. The molecule has 0 spiro atoms. The molecule has 0 bridgehead atoms. The minimum absolute atomic E-state index is 0.212. The zero-order chi connectivity index (χ0) is 11.4. The van der Waals surface area contributed by atoms with Crippen molar-refractivity contribution in [3.05, 3.63) is 12.2 Å². The second-order valence-corrected chi connectivity index (χ2v) is 5.55. The fourth-order valence-corrected chi connectivity index (χ4v) is 2.93. The lowest BCUT2D eigenvalue weighted by molar-refractivity contribution is -0.132. The van der Waals surface area contributed by atoms with Crippen LogP contribution in [0.25, 0.3) is 0 Å². The minimum atomic E-state index is -1.09. The van der Waals surface area contributed by atoms with Crippen LogP contribution in [0.3, 0.4) is 0 Å². The Kier molecular flexibility index (Phi) is 4.20. The van der Waals surface area contributed by atoms with Crippen molar-refractivity contribution in [2.75, 3.05) is 13.1 Å². The molecule has 0 aliphatic carbocycles. The molecule has 2 atom stereocenters. The Bertz CT molecular complexity index is 280. The average Bonchev–Trinajstić information content (AvgIpc) is 2.12. The molecule has 1 fully saturated rings. The quantitative estimate of drug-likeness (QED) is 0.717. The Morgan fingerprint density at radius 3 is 2.27 bits per heavy atom. The number of hydrogen-bond donors (Lipinski definition) is 1. The first-order valence-electron chi connectivity index (χ1n) is 4.84. The zero-order valence-electron chi connectivity index (χ0n) is 8.84. The molecule has 0 aromatic rings. The average molecular weight is 229 g/mol. The van der Waals surface area contributed by atoms with Crippen molar-refractivity contribution in [2.45, 2.75) is 24.3 Å². The molecule has 0 aromatic carbocycles. The van der Waals surface area contributed by atoms with Gasteiger partial charge < -0.3 is 10.0 Å². The van der Waals surface area contributed by atoms with Crippen molar-refractivity contribution in [1.82, 2.24) is 4.90 Å². The molecule has 2 unspecified atom stereocenters. The van der Waals surface area contributed by atoms with Crippen molar-refractivity contribution in [3.8, 4) is 0 Å². The number of thioether (sulfide) groups is 1. The van der Waals surface area contributed by atoms with Gasteiger partial charge >= 0.3 is 5.97 Å². The van der Waals surface area contributed by atoms with Crippen molar-refractivity contribution in [2.24, 2.45) is 0 Å². The third-order valence-electron chi connectivity index (χ3n) is 2.10. The summed E-state index contributed by atoms with van der Waals surface area (Å²) in [5.41, 5.74) is 0. The highest BCUT2D eigenvalue weighted by atomic mass is 32.2. The van der Waals surface area contributed by atoms with E-state index < -0.39 is 5.97 Å². The molecule has 0 radical (unpaired) electrons. The van der Waals surface area contributed by atoms with Crippen molar-refractivity contribution < 1.29 is 14.7 Å². The number of carboxylic acids is 1. The first-order valence-corrected chi connectivity index (χ1v) is 5.78. The van der Waals surface area contributed by atoms with Crippen molar-refractivity contribution in [3.63, 3.8) is 0 Å². The maximum absolute atomic E-state index is 11.6. The van der Waals surface area contributed by atoms with E-state index in [1.807, 2.05) is 11.8 Å². The maximum Gasteiger partial charge on any atom is 0.328 e. The monoisotopic (exact) mass is 229 g/mol. The van der Waals surface area contributed by atoms with Gasteiger partial charge in [-0.2, -0.15) is 11.8 Å². The molecular formula is C10H15NO3S. The van der Waals surface area contributed by atoms with E-state index in [1.54, 1.807) is 4.90 Å². The largest absolute Gasteiger partial charge is 0.478 e. The van der Waals surface area contributed by atoms with Crippen LogP contribution in [0.1, 0.15) is 13.8 Å². The molecule has 1 amide bonds. The van der Waals surface area contributed by atoms with Gasteiger partial charge in [0.25, 0.3) is 0 Å². The van der Waals surface area contributed by atoms with E-state index in [1.165, 1.54) is 0 Å². The Morgan fingerprint density at radius 1 is 1.27 bits per heavy atom. The Balaban J connectivity index is 2.55. The smallest absolute Gasteiger partial charge is 0.328 e. The van der Waals surface area contributed by atoms with Gasteiger partial charge in [-0.15, -0.1) is 0 Å². The number of hydrogen-bond acceptors (Lipinski definition) is 3. The van der Waals surface area contributed by atoms with Gasteiger partial charge in [0.05, 0.1) is 0 Å². The fraction of sp³-hybridized carbons (Fsp3) is 0.600. The molecule has 0 saturated carbocycles. The first-order chi connectivity index (χ1) is 6.99. The topological polar surface area (TPSA) is 57.6 Å². The molecule has 5 heteroatoms. The Labute approximate surface area is 93.3 Å². The fourth-order valence-electron chi connectivity index (χ4n) is 1.61. The summed E-state index contributed by atoms with van der Waals surface area (Å²) in [7, 11) is 0. The van der Waals surface area contributed by atoms with Gasteiger partial charge in [0.15, 0.2) is 0 Å². The van der Waals surface area contributed by atoms with Gasteiger partial charge in [0.2, 0.25) is 5.91 Å². The molecule has 1 N–H and O–H groups in total. The molecule has 1 heterocycles. The van der Waals surface area contributed by atoms with Crippen molar-refractivity contribution in [1.29, 1.82) is 0 Å². The van der Waals surface area contributed by atoms with E-state index >= 15 is 0 Å². The summed E-state index contributed by atoms with van der Waals surface area (Å²) < 4.78 is 0. The summed E-state index contributed by atoms with van der Waals surface area (Å²) in [4.78, 5) is 23.5. The summed E-state index contributed by atoms with van der Waals surface area (Å²) in [5.74, 6) is -1.30. The highest BCUT2D eigenvalue weighted by Gasteiger charge is 2.24. The van der Waals surface area contributed by atoms with Gasteiger partial charge in [-0.05, 0) is 0 Å². The van der Waals surface area contributed by atoms with Crippen LogP contribution in [0.2, 0.25) is 0 Å². The molecular weight excluding hydrogens is 214 g/mol. The zero-order valence-corrected chi connectivity index (χ0v) is 9.66. The number of rotatable bonds is 2. The minimum Gasteiger partial charge on any atom is -0.478 e. The SMILES string of the molecule is CC1CN(C(=O)/C=C/C(=O)O)CC(C)S1. The molecule has 1 saturated heterocycles. The first kappa shape index (κ1) is 12.1. The van der Waals surface area contributed by atoms with Crippen LogP contribution in [0.4, 0.5) is 0 Å². The predicted octanol–water partition coefficient (Wildman–Crippen LogP) is 0.980. The van der Waals surface area contributed by atoms with Crippen LogP contribution in [-0.2, 0) is 9.59 Å². The third kappa shape index (κ3) is 3.95. The number of aliphatic carboxylic acids is 1. The van der Waals surface area contributed by atoms with Gasteiger partial charge in [-0.3, -0.25) is 4.79 Å². The van der Waals surface area contributed by atoms with E-state index in [4.69, 9.17) is 5.11 Å². The number of carboxylic acid groups (broad SMARTS) is 1. The van der Waals surface area contributed by atoms with E-state index in [9.17, 15) is 9.59 Å². The molecule has 0 aromatic heterocycles. The Hall–Kier alpha value is -0.970. The van der Waals surface area contributed by atoms with Crippen LogP contribution in [0, 0.1) is 0 Å². The van der Waals surface area contributed by atoms with Crippen LogP contribution >= 0.6 is 11.8 Å². The van der Waals surface area contributed by atoms with E-state index in [0.717, 1.165) is 12.2 Å². The van der Waals surface area contributed by atoms with Gasteiger partial charge in [-0.25, -0.2) is 4.79 Å². The summed E-state index contributed by atoms with van der Waals surface area (Å²) in [6.45, 7) is 5.53. The van der Waals surface area contributed by atoms with Gasteiger partial charge in [-0.1, -0.05) is 13.8 Å². The highest BCUT2D eigenvalue weighted by molar-refractivity contribution is 8.00. The number of carbonyl (C=O) groups excluding carboxylic acids is 1. The molecule has 1 aliphatic heterocycles. The lowest BCUT2D eigenvalue weighted by Crippen LogP contribution is -2.43. The second kappa shape index (κ2) is 5.21. The lowest BCUT2D eigenvalue weighted by Gasteiger charge is -2.33. The second-order valence-electron chi connectivity index (χ2n) is 3.67. The normalized spacial score (nSPS) is 26.9. The molecule has 4 nitrogen and oxygen atoms in total. The summed E-state index contributed by atoms with van der Waals surface area (Å²) in [6, 6.07) is 0. The molecule has 1 aliphatic rings. The summed E-state index contributed by atoms with van der Waals surface area (Å²) in [6.07, 6.45) is 2.01. The highest BCUT2D eigenvalue weighted by Crippen LogP contribution is 2.24. The van der Waals surface area contributed by atoms with E-state index in [2.05, 4.69) is 13.8 Å². The number of amides is 1. The molecule has 1 rings (SSSR count). The van der Waals surface area contributed by atoms with Crippen LogP contribution in [0.5, 0.6) is 0 Å². The third-order valence-corrected chi connectivity index (χ3v) is 3.33.